The summed E-state index contributed by atoms with van der Waals surface area (Å²) in [6.45, 7) is 2.21. The monoisotopic (exact) mass is 207 g/mol. The largest absolute Gasteiger partial charge is 0.497 e. The number of rotatable bonds is 6. The topological polar surface area (TPSA) is 35.2 Å². The van der Waals surface area contributed by atoms with E-state index in [2.05, 4.69) is 19.1 Å². The molecule has 0 heterocycles. The molecule has 0 saturated heterocycles. The summed E-state index contributed by atoms with van der Waals surface area (Å²) in [5.41, 5.74) is 7.29. The molecule has 0 radical (unpaired) electrons. The Bertz CT molecular complexity index is 268. The molecule has 0 amide bonds. The third-order valence-corrected chi connectivity index (χ3v) is 2.66. The van der Waals surface area contributed by atoms with Gasteiger partial charge in [-0.25, -0.2) is 0 Å². The Balaban J connectivity index is 2.46. The lowest BCUT2D eigenvalue weighted by Crippen LogP contribution is -2.09. The average Bonchev–Trinajstić information content (AvgIpc) is 2.29. The van der Waals surface area contributed by atoms with Gasteiger partial charge in [0.2, 0.25) is 0 Å². The minimum atomic E-state index is 0.169. The smallest absolute Gasteiger partial charge is 0.118 e. The van der Waals surface area contributed by atoms with Gasteiger partial charge in [0.1, 0.15) is 5.75 Å². The van der Waals surface area contributed by atoms with Crippen LogP contribution in [0, 0.1) is 0 Å². The molecule has 0 fully saturated rings. The van der Waals surface area contributed by atoms with Crippen molar-refractivity contribution in [2.75, 3.05) is 7.11 Å². The summed E-state index contributed by atoms with van der Waals surface area (Å²) >= 11 is 0. The van der Waals surface area contributed by atoms with Crippen LogP contribution in [0.2, 0.25) is 0 Å². The van der Waals surface area contributed by atoms with Crippen molar-refractivity contribution in [3.05, 3.63) is 29.8 Å². The van der Waals surface area contributed by atoms with E-state index in [4.69, 9.17) is 10.5 Å². The normalized spacial score (nSPS) is 12.5. The second-order valence-corrected chi connectivity index (χ2v) is 3.88. The van der Waals surface area contributed by atoms with E-state index in [1.165, 1.54) is 24.8 Å². The third kappa shape index (κ3) is 3.92. The predicted molar refractivity (Wildman–Crippen MR) is 64.1 cm³/mol. The quantitative estimate of drug-likeness (QED) is 0.726. The summed E-state index contributed by atoms with van der Waals surface area (Å²) in [5.74, 6) is 0.888. The highest BCUT2D eigenvalue weighted by molar-refractivity contribution is 5.28. The average molecular weight is 207 g/mol. The van der Waals surface area contributed by atoms with Gasteiger partial charge in [0, 0.05) is 6.04 Å². The van der Waals surface area contributed by atoms with Gasteiger partial charge < -0.3 is 10.5 Å². The van der Waals surface area contributed by atoms with E-state index in [1.807, 2.05) is 12.1 Å². The number of methoxy groups -OCH3 is 1. The fourth-order valence-electron chi connectivity index (χ4n) is 1.63. The molecule has 15 heavy (non-hydrogen) atoms. The molecule has 0 unspecified atom stereocenters. The standard InChI is InChI=1S/C13H21NO/c1-3-4-5-6-13(14)11-7-9-12(15-2)10-8-11/h7-10,13H,3-6,14H2,1-2H3/t13-/m1/s1. The van der Waals surface area contributed by atoms with Crippen molar-refractivity contribution < 1.29 is 4.74 Å². The maximum absolute atomic E-state index is 6.09. The zero-order valence-electron chi connectivity index (χ0n) is 9.70. The molecule has 0 aliphatic rings. The van der Waals surface area contributed by atoms with E-state index in [-0.39, 0.29) is 6.04 Å². The van der Waals surface area contributed by atoms with Crippen LogP contribution in [0.1, 0.15) is 44.2 Å². The summed E-state index contributed by atoms with van der Waals surface area (Å²) in [6.07, 6.45) is 4.79. The van der Waals surface area contributed by atoms with Crippen LogP contribution in [0.5, 0.6) is 5.75 Å². The number of nitrogens with two attached hydrogens (primary N) is 1. The lowest BCUT2D eigenvalue weighted by atomic mass is 10.0. The van der Waals surface area contributed by atoms with Gasteiger partial charge in [-0.1, -0.05) is 38.3 Å². The Labute approximate surface area is 92.4 Å². The molecule has 2 N–H and O–H groups in total. The number of hydrogen-bond acceptors (Lipinski definition) is 2. The summed E-state index contributed by atoms with van der Waals surface area (Å²) < 4.78 is 5.11. The molecule has 1 atom stereocenters. The van der Waals surface area contributed by atoms with Crippen LogP contribution in [-0.4, -0.2) is 7.11 Å². The summed E-state index contributed by atoms with van der Waals surface area (Å²) in [7, 11) is 1.68. The van der Waals surface area contributed by atoms with Gasteiger partial charge in [-0.15, -0.1) is 0 Å². The van der Waals surface area contributed by atoms with Crippen LogP contribution in [-0.2, 0) is 0 Å². The molecule has 1 aromatic rings. The highest BCUT2D eigenvalue weighted by atomic mass is 16.5. The Morgan fingerprint density at radius 2 is 1.87 bits per heavy atom. The van der Waals surface area contributed by atoms with Crippen LogP contribution >= 0.6 is 0 Å². The Morgan fingerprint density at radius 3 is 2.40 bits per heavy atom. The van der Waals surface area contributed by atoms with Crippen LogP contribution in [0.4, 0.5) is 0 Å². The maximum Gasteiger partial charge on any atom is 0.118 e. The van der Waals surface area contributed by atoms with Crippen LogP contribution < -0.4 is 10.5 Å². The molecule has 0 bridgehead atoms. The fourth-order valence-corrected chi connectivity index (χ4v) is 1.63. The molecular formula is C13H21NO. The lowest BCUT2D eigenvalue weighted by Gasteiger charge is -2.12. The van der Waals surface area contributed by atoms with Gasteiger partial charge in [-0.3, -0.25) is 0 Å². The minimum Gasteiger partial charge on any atom is -0.497 e. The first-order valence-corrected chi connectivity index (χ1v) is 5.67. The Kier molecular flexibility index (Phi) is 5.19. The Morgan fingerprint density at radius 1 is 1.20 bits per heavy atom. The van der Waals surface area contributed by atoms with Gasteiger partial charge in [0.25, 0.3) is 0 Å². The molecule has 1 rings (SSSR count). The molecule has 0 aromatic heterocycles. The number of ether oxygens (including phenoxy) is 1. The first kappa shape index (κ1) is 12.1. The second-order valence-electron chi connectivity index (χ2n) is 3.88. The van der Waals surface area contributed by atoms with E-state index in [9.17, 15) is 0 Å². The first-order valence-electron chi connectivity index (χ1n) is 5.67. The maximum atomic E-state index is 6.09. The van der Waals surface area contributed by atoms with Crippen molar-refractivity contribution in [2.24, 2.45) is 5.73 Å². The number of unbranched alkanes of at least 4 members (excludes halogenated alkanes) is 2. The van der Waals surface area contributed by atoms with Crippen molar-refractivity contribution >= 4 is 0 Å². The van der Waals surface area contributed by atoms with E-state index in [0.717, 1.165) is 12.2 Å². The zero-order chi connectivity index (χ0) is 11.1. The summed E-state index contributed by atoms with van der Waals surface area (Å²) in [4.78, 5) is 0. The van der Waals surface area contributed by atoms with Crippen molar-refractivity contribution in [2.45, 2.75) is 38.6 Å². The van der Waals surface area contributed by atoms with Crippen molar-refractivity contribution in [3.63, 3.8) is 0 Å². The molecule has 0 spiro atoms. The Hall–Kier alpha value is -1.02. The molecule has 0 aliphatic carbocycles. The molecule has 2 heteroatoms. The first-order chi connectivity index (χ1) is 7.27. The van der Waals surface area contributed by atoms with Crippen LogP contribution in [0.15, 0.2) is 24.3 Å². The fraction of sp³-hybridized carbons (Fsp3) is 0.538. The predicted octanol–water partition coefficient (Wildman–Crippen LogP) is 3.28. The van der Waals surface area contributed by atoms with Crippen molar-refractivity contribution in [1.29, 1.82) is 0 Å². The van der Waals surface area contributed by atoms with Gasteiger partial charge >= 0.3 is 0 Å². The zero-order valence-corrected chi connectivity index (χ0v) is 9.70. The van der Waals surface area contributed by atoms with E-state index < -0.39 is 0 Å². The van der Waals surface area contributed by atoms with Crippen molar-refractivity contribution in [1.82, 2.24) is 0 Å². The summed E-state index contributed by atoms with van der Waals surface area (Å²) in [5, 5.41) is 0. The van der Waals surface area contributed by atoms with E-state index in [0.29, 0.717) is 0 Å². The molecule has 2 nitrogen and oxygen atoms in total. The molecule has 0 saturated carbocycles. The minimum absolute atomic E-state index is 0.169. The van der Waals surface area contributed by atoms with E-state index in [1.54, 1.807) is 7.11 Å². The highest BCUT2D eigenvalue weighted by Gasteiger charge is 2.05. The molecular weight excluding hydrogens is 186 g/mol. The highest BCUT2D eigenvalue weighted by Crippen LogP contribution is 2.20. The van der Waals surface area contributed by atoms with Gasteiger partial charge in [0.05, 0.1) is 7.11 Å². The van der Waals surface area contributed by atoms with Gasteiger partial charge in [-0.05, 0) is 24.1 Å². The third-order valence-electron chi connectivity index (χ3n) is 2.66. The molecule has 84 valence electrons. The van der Waals surface area contributed by atoms with Crippen LogP contribution in [0.3, 0.4) is 0 Å². The molecule has 0 aliphatic heterocycles. The van der Waals surface area contributed by atoms with Crippen LogP contribution in [0.25, 0.3) is 0 Å². The SMILES string of the molecule is CCCCC[C@@H](N)c1ccc(OC)cc1. The summed E-state index contributed by atoms with van der Waals surface area (Å²) in [6, 6.07) is 8.21. The number of hydrogen-bond donors (Lipinski definition) is 1. The second kappa shape index (κ2) is 6.46. The van der Waals surface area contributed by atoms with Gasteiger partial charge in [-0.2, -0.15) is 0 Å². The lowest BCUT2D eigenvalue weighted by molar-refractivity contribution is 0.414. The van der Waals surface area contributed by atoms with Crippen molar-refractivity contribution in [3.8, 4) is 5.75 Å². The number of benzene rings is 1. The van der Waals surface area contributed by atoms with E-state index >= 15 is 0 Å². The molecule has 1 aromatic carbocycles. The van der Waals surface area contributed by atoms with Gasteiger partial charge in [0.15, 0.2) is 0 Å².